The highest BCUT2D eigenvalue weighted by molar-refractivity contribution is 7.21. The van der Waals surface area contributed by atoms with E-state index in [1.807, 2.05) is 7.05 Å². The summed E-state index contributed by atoms with van der Waals surface area (Å²) >= 11 is 1.31. The fourth-order valence-electron chi connectivity index (χ4n) is 2.19. The quantitative estimate of drug-likeness (QED) is 0.932. The van der Waals surface area contributed by atoms with Gasteiger partial charge >= 0.3 is 0 Å². The molecule has 5 nitrogen and oxygen atoms in total. The Morgan fingerprint density at radius 1 is 1.47 bits per heavy atom. The lowest BCUT2D eigenvalue weighted by Gasteiger charge is -2.25. The number of rotatable bonds is 4. The fraction of sp³-hybridized carbons (Fsp3) is 0.462. The number of fused-ring (bicyclic) bond motifs is 1. The van der Waals surface area contributed by atoms with Crippen LogP contribution in [-0.4, -0.2) is 34.1 Å². The Kier molecular flexibility index (Phi) is 3.99. The van der Waals surface area contributed by atoms with Gasteiger partial charge in [0.25, 0.3) is 5.91 Å². The van der Waals surface area contributed by atoms with Gasteiger partial charge in [-0.2, -0.15) is 5.10 Å². The van der Waals surface area contributed by atoms with E-state index in [9.17, 15) is 4.79 Å². The smallest absolute Gasteiger partial charge is 0.266 e. The molecule has 0 aliphatic rings. The van der Waals surface area contributed by atoms with Crippen molar-refractivity contribution in [1.29, 1.82) is 0 Å². The first-order chi connectivity index (χ1) is 9.10. The van der Waals surface area contributed by atoms with Crippen LogP contribution in [0.15, 0.2) is 12.3 Å². The maximum absolute atomic E-state index is 12.5. The van der Waals surface area contributed by atoms with Crippen LogP contribution in [0.4, 0.5) is 5.69 Å². The van der Waals surface area contributed by atoms with Crippen molar-refractivity contribution in [1.82, 2.24) is 15.1 Å². The van der Waals surface area contributed by atoms with Crippen LogP contribution in [0.25, 0.3) is 10.2 Å². The van der Waals surface area contributed by atoms with Crippen LogP contribution in [0.5, 0.6) is 0 Å². The van der Waals surface area contributed by atoms with Crippen LogP contribution < -0.4 is 5.73 Å². The van der Waals surface area contributed by atoms with Crippen LogP contribution in [0.1, 0.15) is 36.4 Å². The average molecular weight is 278 g/mol. The Hall–Kier alpha value is -1.69. The molecule has 0 radical (unpaired) electrons. The number of nitrogen functional groups attached to an aromatic ring is 1. The van der Waals surface area contributed by atoms with Crippen LogP contribution in [-0.2, 0) is 0 Å². The number of amides is 1. The van der Waals surface area contributed by atoms with Gasteiger partial charge < -0.3 is 10.6 Å². The molecule has 0 aliphatic carbocycles. The van der Waals surface area contributed by atoms with Gasteiger partial charge in [0.05, 0.1) is 11.9 Å². The summed E-state index contributed by atoms with van der Waals surface area (Å²) in [5.41, 5.74) is 6.57. The van der Waals surface area contributed by atoms with E-state index in [0.29, 0.717) is 15.4 Å². The standard InChI is InChI=1S/C13H18N4OS/c1-4-8(5-2)17(3)13(18)11-10(14)9-6-7-15-16-12(9)19-11/h6-8H,4-5,14H2,1-3H3. The van der Waals surface area contributed by atoms with E-state index in [1.54, 1.807) is 17.2 Å². The molecule has 2 heterocycles. The third-order valence-corrected chi connectivity index (χ3v) is 4.52. The molecule has 0 aliphatic heterocycles. The van der Waals surface area contributed by atoms with Crippen LogP contribution in [0.2, 0.25) is 0 Å². The predicted molar refractivity (Wildman–Crippen MR) is 78.3 cm³/mol. The molecule has 0 saturated heterocycles. The third kappa shape index (κ3) is 2.40. The molecule has 2 aromatic heterocycles. The lowest BCUT2D eigenvalue weighted by molar-refractivity contribution is 0.0729. The van der Waals surface area contributed by atoms with E-state index in [2.05, 4.69) is 24.0 Å². The number of aromatic nitrogens is 2. The van der Waals surface area contributed by atoms with Gasteiger partial charge in [0.15, 0.2) is 0 Å². The van der Waals surface area contributed by atoms with Gasteiger partial charge in [0.1, 0.15) is 9.71 Å². The summed E-state index contributed by atoms with van der Waals surface area (Å²) in [6.07, 6.45) is 3.46. The van der Waals surface area contributed by atoms with Crippen molar-refractivity contribution in [2.24, 2.45) is 0 Å². The third-order valence-electron chi connectivity index (χ3n) is 3.43. The molecular weight excluding hydrogens is 260 g/mol. The molecule has 2 N–H and O–H groups in total. The van der Waals surface area contributed by atoms with E-state index in [1.165, 1.54) is 11.3 Å². The van der Waals surface area contributed by atoms with E-state index in [4.69, 9.17) is 5.73 Å². The molecule has 2 aromatic rings. The van der Waals surface area contributed by atoms with Crippen molar-refractivity contribution in [3.63, 3.8) is 0 Å². The zero-order valence-corrected chi connectivity index (χ0v) is 12.2. The molecule has 0 spiro atoms. The number of hydrogen-bond acceptors (Lipinski definition) is 5. The summed E-state index contributed by atoms with van der Waals surface area (Å²) in [7, 11) is 1.83. The number of anilines is 1. The molecule has 19 heavy (non-hydrogen) atoms. The summed E-state index contributed by atoms with van der Waals surface area (Å²) in [5, 5.41) is 8.63. The molecule has 102 valence electrons. The average Bonchev–Trinajstić information content (AvgIpc) is 2.77. The van der Waals surface area contributed by atoms with Gasteiger partial charge in [-0.25, -0.2) is 0 Å². The van der Waals surface area contributed by atoms with Gasteiger partial charge in [-0.3, -0.25) is 4.79 Å². The first-order valence-corrected chi connectivity index (χ1v) is 7.18. The minimum absolute atomic E-state index is 0.0331. The molecular formula is C13H18N4OS. The maximum atomic E-state index is 12.5. The van der Waals surface area contributed by atoms with Crippen molar-refractivity contribution in [3.05, 3.63) is 17.1 Å². The lowest BCUT2D eigenvalue weighted by Crippen LogP contribution is -2.36. The van der Waals surface area contributed by atoms with Gasteiger partial charge in [-0.05, 0) is 18.9 Å². The second kappa shape index (κ2) is 5.52. The molecule has 1 amide bonds. The monoisotopic (exact) mass is 278 g/mol. The number of thiophene rings is 1. The van der Waals surface area contributed by atoms with Crippen molar-refractivity contribution in [2.45, 2.75) is 32.7 Å². The topological polar surface area (TPSA) is 72.1 Å². The summed E-state index contributed by atoms with van der Waals surface area (Å²) in [5.74, 6) is -0.0331. The minimum atomic E-state index is -0.0331. The molecule has 0 bridgehead atoms. The zero-order chi connectivity index (χ0) is 14.0. The van der Waals surface area contributed by atoms with Gasteiger partial charge in [0.2, 0.25) is 0 Å². The summed E-state index contributed by atoms with van der Waals surface area (Å²) in [4.78, 5) is 15.5. The SMILES string of the molecule is CCC(CC)N(C)C(=O)c1sc2nnccc2c1N. The van der Waals surface area contributed by atoms with E-state index < -0.39 is 0 Å². The predicted octanol–water partition coefficient (Wildman–Crippen LogP) is 2.53. The van der Waals surface area contributed by atoms with E-state index in [-0.39, 0.29) is 11.9 Å². The fourth-order valence-corrected chi connectivity index (χ4v) is 3.21. The van der Waals surface area contributed by atoms with Crippen molar-refractivity contribution in [2.75, 3.05) is 12.8 Å². The van der Waals surface area contributed by atoms with Gasteiger partial charge in [0, 0.05) is 18.5 Å². The zero-order valence-electron chi connectivity index (χ0n) is 11.4. The first kappa shape index (κ1) is 13.7. The molecule has 0 fully saturated rings. The van der Waals surface area contributed by atoms with Crippen LogP contribution >= 0.6 is 11.3 Å². The Morgan fingerprint density at radius 3 is 2.74 bits per heavy atom. The minimum Gasteiger partial charge on any atom is -0.397 e. The van der Waals surface area contributed by atoms with E-state index in [0.717, 1.165) is 18.2 Å². The molecule has 2 rings (SSSR count). The first-order valence-electron chi connectivity index (χ1n) is 6.36. The molecule has 0 aromatic carbocycles. The highest BCUT2D eigenvalue weighted by Gasteiger charge is 2.23. The number of carbonyl (C=O) groups is 1. The van der Waals surface area contributed by atoms with Crippen molar-refractivity contribution in [3.8, 4) is 0 Å². The molecule has 0 unspecified atom stereocenters. The van der Waals surface area contributed by atoms with E-state index >= 15 is 0 Å². The second-order valence-corrected chi connectivity index (χ2v) is 5.48. The van der Waals surface area contributed by atoms with Crippen molar-refractivity contribution < 1.29 is 4.79 Å². The van der Waals surface area contributed by atoms with Crippen LogP contribution in [0, 0.1) is 0 Å². The molecule has 0 atom stereocenters. The Balaban J connectivity index is 2.39. The normalized spacial score (nSPS) is 11.2. The summed E-state index contributed by atoms with van der Waals surface area (Å²) in [6.45, 7) is 4.16. The lowest BCUT2D eigenvalue weighted by atomic mass is 10.1. The Labute approximate surface area is 116 Å². The maximum Gasteiger partial charge on any atom is 0.266 e. The number of nitrogens with two attached hydrogens (primary N) is 1. The molecule has 6 heteroatoms. The number of hydrogen-bond donors (Lipinski definition) is 1. The Morgan fingerprint density at radius 2 is 2.16 bits per heavy atom. The largest absolute Gasteiger partial charge is 0.397 e. The second-order valence-electron chi connectivity index (χ2n) is 4.48. The number of carbonyl (C=O) groups excluding carboxylic acids is 1. The van der Waals surface area contributed by atoms with Gasteiger partial charge in [-0.15, -0.1) is 16.4 Å². The summed E-state index contributed by atoms with van der Waals surface area (Å²) < 4.78 is 0. The van der Waals surface area contributed by atoms with Crippen LogP contribution in [0.3, 0.4) is 0 Å². The Bertz CT molecular complexity index is 591. The van der Waals surface area contributed by atoms with Gasteiger partial charge in [-0.1, -0.05) is 13.8 Å². The highest BCUT2D eigenvalue weighted by Crippen LogP contribution is 2.32. The summed E-state index contributed by atoms with van der Waals surface area (Å²) in [6, 6.07) is 2.03. The number of nitrogens with zero attached hydrogens (tertiary/aromatic N) is 3. The highest BCUT2D eigenvalue weighted by atomic mass is 32.1. The van der Waals surface area contributed by atoms with Crippen molar-refractivity contribution >= 4 is 33.1 Å². The molecule has 0 saturated carbocycles.